The SMILES string of the molecule is CC(C)C[C@H](N)O[B]O.O=C(O)[C@H](Cc1ccc(OCc2ccccn2)cc1)NC(=O)N1CCOCC1. The van der Waals surface area contributed by atoms with Crippen molar-refractivity contribution >= 4 is 19.7 Å². The number of nitrogens with zero attached hydrogens (tertiary/aromatic N) is 2. The van der Waals surface area contributed by atoms with Crippen molar-refractivity contribution in [2.24, 2.45) is 11.7 Å². The van der Waals surface area contributed by atoms with E-state index in [0.717, 1.165) is 17.7 Å². The minimum absolute atomic E-state index is 0.186. The third-order valence-electron chi connectivity index (χ3n) is 5.31. The number of nitrogens with two attached hydrogens (primary N) is 1. The Hall–Kier alpha value is -3.19. The van der Waals surface area contributed by atoms with Crippen molar-refractivity contribution < 1.29 is 33.8 Å². The Labute approximate surface area is 218 Å². The van der Waals surface area contributed by atoms with E-state index in [2.05, 4.69) is 15.0 Å². The number of carboxylic acids is 1. The Bertz CT molecular complexity index is 928. The Balaban J connectivity index is 0.000000458. The summed E-state index contributed by atoms with van der Waals surface area (Å²) in [5, 5.41) is 20.2. The highest BCUT2D eigenvalue weighted by Crippen LogP contribution is 2.15. The van der Waals surface area contributed by atoms with Gasteiger partial charge in [-0.2, -0.15) is 0 Å². The van der Waals surface area contributed by atoms with Crippen LogP contribution in [0, 0.1) is 5.92 Å². The number of carboxylic acid groups (broad SMARTS) is 1. The van der Waals surface area contributed by atoms with Crippen LogP contribution in [0.25, 0.3) is 0 Å². The molecular weight excluding hydrogens is 479 g/mol. The van der Waals surface area contributed by atoms with Crippen LogP contribution in [0.2, 0.25) is 0 Å². The molecule has 2 aromatic rings. The van der Waals surface area contributed by atoms with Crippen LogP contribution < -0.4 is 15.8 Å². The Kier molecular flexibility index (Phi) is 13.4. The van der Waals surface area contributed by atoms with Gasteiger partial charge in [-0.1, -0.05) is 32.0 Å². The first-order valence-corrected chi connectivity index (χ1v) is 12.1. The van der Waals surface area contributed by atoms with Gasteiger partial charge in [0.2, 0.25) is 0 Å². The lowest BCUT2D eigenvalue weighted by Gasteiger charge is -2.28. The predicted molar refractivity (Wildman–Crippen MR) is 138 cm³/mol. The van der Waals surface area contributed by atoms with Gasteiger partial charge in [0.1, 0.15) is 18.4 Å². The number of aliphatic carboxylic acids is 1. The van der Waals surface area contributed by atoms with Crippen LogP contribution in [-0.4, -0.2) is 78.3 Å². The Morgan fingerprint density at radius 3 is 2.46 bits per heavy atom. The second kappa shape index (κ2) is 16.5. The summed E-state index contributed by atoms with van der Waals surface area (Å²) in [6.45, 7) is 6.28. The van der Waals surface area contributed by atoms with Gasteiger partial charge in [0.25, 0.3) is 0 Å². The normalized spacial score (nSPS) is 14.7. The molecule has 0 saturated carbocycles. The highest BCUT2D eigenvalue weighted by atomic mass is 16.5. The molecule has 0 spiro atoms. The van der Waals surface area contributed by atoms with Gasteiger partial charge in [0.05, 0.1) is 25.1 Å². The van der Waals surface area contributed by atoms with Crippen molar-refractivity contribution in [3.05, 3.63) is 59.9 Å². The molecule has 1 aromatic heterocycles. The van der Waals surface area contributed by atoms with E-state index >= 15 is 0 Å². The molecule has 2 atom stereocenters. The zero-order chi connectivity index (χ0) is 27.0. The topological polar surface area (TPSA) is 156 Å². The van der Waals surface area contributed by atoms with E-state index in [-0.39, 0.29) is 18.7 Å². The molecular formula is C25H36BN4O7. The third-order valence-corrected chi connectivity index (χ3v) is 5.31. The number of carbonyl (C=O) groups is 2. The van der Waals surface area contributed by atoms with Crippen LogP contribution in [0.3, 0.4) is 0 Å². The monoisotopic (exact) mass is 515 g/mol. The largest absolute Gasteiger partial charge is 0.487 e. The number of hydrogen-bond acceptors (Lipinski definition) is 8. The molecule has 1 fully saturated rings. The summed E-state index contributed by atoms with van der Waals surface area (Å²) >= 11 is 0. The maximum Gasteiger partial charge on any atom is 0.486 e. The quantitative estimate of drug-likeness (QED) is 0.258. The minimum Gasteiger partial charge on any atom is -0.487 e. The average Bonchev–Trinajstić information content (AvgIpc) is 2.89. The van der Waals surface area contributed by atoms with Crippen LogP contribution in [0.4, 0.5) is 4.79 Å². The smallest absolute Gasteiger partial charge is 0.486 e. The first-order valence-electron chi connectivity index (χ1n) is 12.1. The van der Waals surface area contributed by atoms with E-state index in [4.69, 9.17) is 20.2 Å². The molecule has 0 unspecified atom stereocenters. The zero-order valence-corrected chi connectivity index (χ0v) is 21.3. The number of ether oxygens (including phenoxy) is 2. The molecule has 2 amide bonds. The van der Waals surface area contributed by atoms with Gasteiger partial charge in [-0.25, -0.2) is 9.59 Å². The summed E-state index contributed by atoms with van der Waals surface area (Å²) < 4.78 is 15.4. The molecule has 1 radical (unpaired) electrons. The van der Waals surface area contributed by atoms with Gasteiger partial charge in [0.15, 0.2) is 0 Å². The van der Waals surface area contributed by atoms with Crippen molar-refractivity contribution in [1.29, 1.82) is 0 Å². The van der Waals surface area contributed by atoms with Crippen LogP contribution in [0.5, 0.6) is 5.75 Å². The molecule has 0 aliphatic carbocycles. The summed E-state index contributed by atoms with van der Waals surface area (Å²) in [6.07, 6.45) is 2.29. The van der Waals surface area contributed by atoms with E-state index in [1.54, 1.807) is 35.4 Å². The third kappa shape index (κ3) is 12.1. The summed E-state index contributed by atoms with van der Waals surface area (Å²) in [5.74, 6) is 0.0932. The number of nitrogens with one attached hydrogen (secondary N) is 1. The van der Waals surface area contributed by atoms with E-state index in [9.17, 15) is 14.7 Å². The lowest BCUT2D eigenvalue weighted by atomic mass is 10.1. The predicted octanol–water partition coefficient (Wildman–Crippen LogP) is 1.56. The minimum atomic E-state index is -1.07. The van der Waals surface area contributed by atoms with Crippen molar-refractivity contribution in [1.82, 2.24) is 15.2 Å². The lowest BCUT2D eigenvalue weighted by molar-refractivity contribution is -0.139. The standard InChI is InChI=1S/C20H23N3O5.C5H13BNO2/c24-19(25)18(22-20(26)23-9-11-27-12-10-23)13-15-4-6-17(7-5-15)28-14-16-3-1-2-8-21-16;1-4(2)3-5(7)9-6-8/h1-8,18H,9-14H2,(H,22,26)(H,24,25);4-5,8H,3,7H2,1-2H3/t18-;5-/m01/s1. The summed E-state index contributed by atoms with van der Waals surface area (Å²) in [6, 6.07) is 11.4. The van der Waals surface area contributed by atoms with Crippen molar-refractivity contribution in [2.75, 3.05) is 26.3 Å². The molecule has 1 aliphatic heterocycles. The number of pyridine rings is 1. The van der Waals surface area contributed by atoms with Gasteiger partial charge >= 0.3 is 19.7 Å². The fourth-order valence-corrected chi connectivity index (χ4v) is 3.40. The number of urea groups is 1. The molecule has 37 heavy (non-hydrogen) atoms. The molecule has 3 rings (SSSR count). The highest BCUT2D eigenvalue weighted by Gasteiger charge is 2.24. The molecule has 12 heteroatoms. The van der Waals surface area contributed by atoms with Crippen molar-refractivity contribution in [3.63, 3.8) is 0 Å². The van der Waals surface area contributed by atoms with Gasteiger partial charge in [-0.15, -0.1) is 0 Å². The van der Waals surface area contributed by atoms with Gasteiger partial charge in [0, 0.05) is 25.7 Å². The summed E-state index contributed by atoms with van der Waals surface area (Å²) in [7, 11) is 0.632. The van der Waals surface area contributed by atoms with Crippen molar-refractivity contribution in [2.45, 2.75) is 45.6 Å². The molecule has 1 aliphatic rings. The first-order chi connectivity index (χ1) is 17.8. The van der Waals surface area contributed by atoms with Crippen LogP contribution in [0.15, 0.2) is 48.7 Å². The highest BCUT2D eigenvalue weighted by molar-refractivity contribution is 6.15. The van der Waals surface area contributed by atoms with Gasteiger partial charge in [-0.3, -0.25) is 4.98 Å². The van der Waals surface area contributed by atoms with Gasteiger partial charge < -0.3 is 40.2 Å². The van der Waals surface area contributed by atoms with Crippen LogP contribution in [0.1, 0.15) is 31.5 Å². The molecule has 1 aromatic carbocycles. The Morgan fingerprint density at radius 1 is 1.19 bits per heavy atom. The van der Waals surface area contributed by atoms with E-state index in [1.165, 1.54) is 0 Å². The van der Waals surface area contributed by atoms with Crippen molar-refractivity contribution in [3.8, 4) is 5.75 Å². The molecule has 201 valence electrons. The van der Waals surface area contributed by atoms with Gasteiger partial charge in [-0.05, 0) is 42.2 Å². The van der Waals surface area contributed by atoms with Crippen LogP contribution >= 0.6 is 0 Å². The Morgan fingerprint density at radius 2 is 1.89 bits per heavy atom. The molecule has 0 bridgehead atoms. The van der Waals surface area contributed by atoms with E-state index in [1.807, 2.05) is 32.0 Å². The fourth-order valence-electron chi connectivity index (χ4n) is 3.40. The molecule has 2 heterocycles. The molecule has 1 saturated heterocycles. The number of morpholine rings is 1. The second-order valence-corrected chi connectivity index (χ2v) is 8.81. The summed E-state index contributed by atoms with van der Waals surface area (Å²) in [5.41, 5.74) is 6.99. The second-order valence-electron chi connectivity index (χ2n) is 8.81. The number of aromatic nitrogens is 1. The summed E-state index contributed by atoms with van der Waals surface area (Å²) in [4.78, 5) is 29.6. The number of carbonyl (C=O) groups excluding carboxylic acids is 1. The van der Waals surface area contributed by atoms with Crippen LogP contribution in [-0.2, 0) is 27.2 Å². The number of benzene rings is 1. The fraction of sp³-hybridized carbons (Fsp3) is 0.480. The van der Waals surface area contributed by atoms with E-state index < -0.39 is 12.0 Å². The number of amides is 2. The van der Waals surface area contributed by atoms with E-state index in [0.29, 0.717) is 52.3 Å². The first kappa shape index (κ1) is 30.0. The number of rotatable bonds is 11. The number of hydrogen-bond donors (Lipinski definition) is 4. The lowest BCUT2D eigenvalue weighted by Crippen LogP contribution is -2.51. The molecule has 11 nitrogen and oxygen atoms in total. The zero-order valence-electron chi connectivity index (χ0n) is 21.3. The maximum absolute atomic E-state index is 12.2. The molecule has 5 N–H and O–H groups in total. The average molecular weight is 515 g/mol. The maximum atomic E-state index is 12.2.